The molecule has 4 rings (SSSR count). The standard InChI is InChI=1S/C23H23N3O2/c1-28-20-11-9-17(10-12-20)22-24-14-13-21(25-22)19-8-5-15-26(16-19)23(27)18-6-3-2-4-7-18/h2-4,6-7,9-14,19H,5,8,15-16H2,1H3/t19-/m1/s1. The molecule has 2 heterocycles. The Labute approximate surface area is 165 Å². The van der Waals surface area contributed by atoms with Gasteiger partial charge in [0.1, 0.15) is 5.75 Å². The van der Waals surface area contributed by atoms with Gasteiger partial charge in [0.2, 0.25) is 0 Å². The van der Waals surface area contributed by atoms with Gasteiger partial charge in [0.25, 0.3) is 5.91 Å². The third-order valence-corrected chi connectivity index (χ3v) is 5.17. The Balaban J connectivity index is 1.53. The van der Waals surface area contributed by atoms with E-state index < -0.39 is 0 Å². The monoisotopic (exact) mass is 373 g/mol. The van der Waals surface area contributed by atoms with Gasteiger partial charge in [-0.3, -0.25) is 4.79 Å². The van der Waals surface area contributed by atoms with E-state index in [9.17, 15) is 4.79 Å². The molecule has 142 valence electrons. The Morgan fingerprint density at radius 3 is 2.61 bits per heavy atom. The van der Waals surface area contributed by atoms with Crippen molar-refractivity contribution in [2.75, 3.05) is 20.2 Å². The summed E-state index contributed by atoms with van der Waals surface area (Å²) in [6.07, 6.45) is 3.81. The van der Waals surface area contributed by atoms with Crippen LogP contribution < -0.4 is 4.74 Å². The molecule has 1 aliphatic heterocycles. The molecule has 1 saturated heterocycles. The summed E-state index contributed by atoms with van der Waals surface area (Å²) >= 11 is 0. The summed E-state index contributed by atoms with van der Waals surface area (Å²) < 4.78 is 5.22. The predicted molar refractivity (Wildman–Crippen MR) is 108 cm³/mol. The number of ether oxygens (including phenoxy) is 1. The van der Waals surface area contributed by atoms with Crippen LogP contribution >= 0.6 is 0 Å². The number of hydrogen-bond donors (Lipinski definition) is 0. The van der Waals surface area contributed by atoms with E-state index >= 15 is 0 Å². The third-order valence-electron chi connectivity index (χ3n) is 5.17. The lowest BCUT2D eigenvalue weighted by Gasteiger charge is -2.32. The molecule has 5 nitrogen and oxygen atoms in total. The fourth-order valence-corrected chi connectivity index (χ4v) is 3.65. The summed E-state index contributed by atoms with van der Waals surface area (Å²) in [7, 11) is 1.65. The SMILES string of the molecule is COc1ccc(-c2nccc([C@@H]3CCCN(C(=O)c4ccccc4)C3)n2)cc1. The molecule has 1 aliphatic rings. The molecule has 0 unspecified atom stereocenters. The number of benzene rings is 2. The molecule has 28 heavy (non-hydrogen) atoms. The van der Waals surface area contributed by atoms with Gasteiger partial charge in [0.15, 0.2) is 5.82 Å². The Morgan fingerprint density at radius 2 is 1.86 bits per heavy atom. The third kappa shape index (κ3) is 3.88. The van der Waals surface area contributed by atoms with Gasteiger partial charge in [-0.05, 0) is 55.3 Å². The number of likely N-dealkylation sites (tertiary alicyclic amines) is 1. The van der Waals surface area contributed by atoms with Crippen molar-refractivity contribution in [1.82, 2.24) is 14.9 Å². The van der Waals surface area contributed by atoms with Gasteiger partial charge in [-0.15, -0.1) is 0 Å². The zero-order valence-corrected chi connectivity index (χ0v) is 15.9. The molecule has 3 aromatic rings. The molecule has 0 bridgehead atoms. The van der Waals surface area contributed by atoms with Crippen LogP contribution in [0.1, 0.15) is 34.8 Å². The van der Waals surface area contributed by atoms with E-state index in [1.807, 2.05) is 65.6 Å². The highest BCUT2D eigenvalue weighted by Gasteiger charge is 2.26. The van der Waals surface area contributed by atoms with Gasteiger partial charge in [-0.1, -0.05) is 18.2 Å². The van der Waals surface area contributed by atoms with E-state index in [1.165, 1.54) is 0 Å². The van der Waals surface area contributed by atoms with Crippen LogP contribution in [0.3, 0.4) is 0 Å². The zero-order valence-electron chi connectivity index (χ0n) is 15.9. The maximum absolute atomic E-state index is 12.8. The number of rotatable bonds is 4. The van der Waals surface area contributed by atoms with Crippen LogP contribution in [0.25, 0.3) is 11.4 Å². The molecule has 1 aromatic heterocycles. The largest absolute Gasteiger partial charge is 0.497 e. The van der Waals surface area contributed by atoms with Gasteiger partial charge in [-0.2, -0.15) is 0 Å². The number of hydrogen-bond acceptors (Lipinski definition) is 4. The first-order chi connectivity index (χ1) is 13.7. The summed E-state index contributed by atoms with van der Waals surface area (Å²) in [5, 5.41) is 0. The average Bonchev–Trinajstić information content (AvgIpc) is 2.79. The van der Waals surface area contributed by atoms with Crippen LogP contribution in [0.2, 0.25) is 0 Å². The van der Waals surface area contributed by atoms with Gasteiger partial charge < -0.3 is 9.64 Å². The molecule has 0 aliphatic carbocycles. The van der Waals surface area contributed by atoms with Gasteiger partial charge >= 0.3 is 0 Å². The lowest BCUT2D eigenvalue weighted by molar-refractivity contribution is 0.0706. The normalized spacial score (nSPS) is 16.6. The van der Waals surface area contributed by atoms with Gasteiger partial charge in [0.05, 0.1) is 7.11 Å². The molecule has 0 radical (unpaired) electrons. The van der Waals surface area contributed by atoms with Crippen molar-refractivity contribution in [3.63, 3.8) is 0 Å². The average molecular weight is 373 g/mol. The number of carbonyl (C=O) groups excluding carboxylic acids is 1. The fraction of sp³-hybridized carbons (Fsp3) is 0.261. The number of nitrogens with zero attached hydrogens (tertiary/aromatic N) is 3. The van der Waals surface area contributed by atoms with E-state index in [-0.39, 0.29) is 11.8 Å². The molecule has 1 fully saturated rings. The molecule has 1 atom stereocenters. The molecule has 5 heteroatoms. The summed E-state index contributed by atoms with van der Waals surface area (Å²) in [5.74, 6) is 1.82. The Bertz CT molecular complexity index is 942. The van der Waals surface area contributed by atoms with Crippen LogP contribution in [0.4, 0.5) is 0 Å². The topological polar surface area (TPSA) is 55.3 Å². The maximum atomic E-state index is 12.8. The minimum Gasteiger partial charge on any atom is -0.497 e. The van der Waals surface area contributed by atoms with Crippen molar-refractivity contribution in [2.24, 2.45) is 0 Å². The molecule has 1 amide bonds. The van der Waals surface area contributed by atoms with Crippen molar-refractivity contribution < 1.29 is 9.53 Å². The summed E-state index contributed by atoms with van der Waals surface area (Å²) in [5.41, 5.74) is 2.69. The van der Waals surface area contributed by atoms with E-state index in [1.54, 1.807) is 13.3 Å². The Kier molecular flexibility index (Phi) is 5.33. The van der Waals surface area contributed by atoms with E-state index in [2.05, 4.69) is 4.98 Å². The number of piperidine rings is 1. The quantitative estimate of drug-likeness (QED) is 0.689. The van der Waals surface area contributed by atoms with Crippen LogP contribution in [-0.4, -0.2) is 41.0 Å². The molecular formula is C23H23N3O2. The van der Waals surface area contributed by atoms with Crippen LogP contribution in [-0.2, 0) is 0 Å². The molecular weight excluding hydrogens is 350 g/mol. The van der Waals surface area contributed by atoms with Crippen molar-refractivity contribution in [1.29, 1.82) is 0 Å². The van der Waals surface area contributed by atoms with Crippen LogP contribution in [0.15, 0.2) is 66.9 Å². The highest BCUT2D eigenvalue weighted by atomic mass is 16.5. The van der Waals surface area contributed by atoms with Crippen LogP contribution in [0.5, 0.6) is 5.75 Å². The summed E-state index contributed by atoms with van der Waals surface area (Å²) in [4.78, 5) is 24.0. The van der Waals surface area contributed by atoms with Gasteiger partial charge in [-0.25, -0.2) is 9.97 Å². The molecule has 2 aromatic carbocycles. The molecule has 0 spiro atoms. The highest BCUT2D eigenvalue weighted by Crippen LogP contribution is 2.28. The van der Waals surface area contributed by atoms with E-state index in [0.717, 1.165) is 42.0 Å². The minimum absolute atomic E-state index is 0.0923. The first-order valence-corrected chi connectivity index (χ1v) is 9.56. The summed E-state index contributed by atoms with van der Waals surface area (Å²) in [6.45, 7) is 1.48. The predicted octanol–water partition coefficient (Wildman–Crippen LogP) is 4.17. The minimum atomic E-state index is 0.0923. The van der Waals surface area contributed by atoms with Crippen molar-refractivity contribution in [3.8, 4) is 17.1 Å². The maximum Gasteiger partial charge on any atom is 0.253 e. The second kappa shape index (κ2) is 8.21. The number of aromatic nitrogens is 2. The lowest BCUT2D eigenvalue weighted by Crippen LogP contribution is -2.39. The van der Waals surface area contributed by atoms with Crippen molar-refractivity contribution >= 4 is 5.91 Å². The second-order valence-electron chi connectivity index (χ2n) is 6.99. The number of amides is 1. The Hall–Kier alpha value is -3.21. The second-order valence-corrected chi connectivity index (χ2v) is 6.99. The van der Waals surface area contributed by atoms with E-state index in [4.69, 9.17) is 9.72 Å². The number of methoxy groups -OCH3 is 1. The Morgan fingerprint density at radius 1 is 1.07 bits per heavy atom. The van der Waals surface area contributed by atoms with Crippen LogP contribution in [0, 0.1) is 0 Å². The van der Waals surface area contributed by atoms with Gasteiger partial charge in [0, 0.05) is 42.0 Å². The first kappa shape index (κ1) is 18.2. The van der Waals surface area contributed by atoms with Crippen molar-refractivity contribution in [2.45, 2.75) is 18.8 Å². The smallest absolute Gasteiger partial charge is 0.253 e. The molecule has 0 saturated carbocycles. The van der Waals surface area contributed by atoms with E-state index in [0.29, 0.717) is 12.4 Å². The fourth-order valence-electron chi connectivity index (χ4n) is 3.65. The van der Waals surface area contributed by atoms with Crippen molar-refractivity contribution in [3.05, 3.63) is 78.1 Å². The summed E-state index contributed by atoms with van der Waals surface area (Å²) in [6, 6.07) is 19.2. The zero-order chi connectivity index (χ0) is 19.3. The molecule has 0 N–H and O–H groups in total. The number of carbonyl (C=O) groups is 1. The lowest BCUT2D eigenvalue weighted by atomic mass is 9.94. The first-order valence-electron chi connectivity index (χ1n) is 9.56. The highest BCUT2D eigenvalue weighted by molar-refractivity contribution is 5.94.